The molecule has 5 rings (SSSR count). The molecule has 7 nitrogen and oxygen atoms in total. The zero-order chi connectivity index (χ0) is 23.7. The summed E-state index contributed by atoms with van der Waals surface area (Å²) in [6, 6.07) is 4.58. The highest BCUT2D eigenvalue weighted by atomic mass is 32.1. The number of aromatic nitrogens is 5. The maximum absolute atomic E-state index is 14.0. The van der Waals surface area contributed by atoms with E-state index in [9.17, 15) is 18.0 Å². The van der Waals surface area contributed by atoms with E-state index in [1.54, 1.807) is 38.6 Å². The van der Waals surface area contributed by atoms with Gasteiger partial charge in [0.15, 0.2) is 11.7 Å². The van der Waals surface area contributed by atoms with Gasteiger partial charge >= 0.3 is 6.18 Å². The maximum Gasteiger partial charge on any atom is 0.410 e. The highest BCUT2D eigenvalue weighted by Crippen LogP contribution is 2.43. The number of hydrogen-bond donors (Lipinski definition) is 0. The first-order valence-electron chi connectivity index (χ1n) is 10.4. The molecule has 2 atom stereocenters. The van der Waals surface area contributed by atoms with Crippen molar-refractivity contribution in [1.29, 1.82) is 0 Å². The number of anilines is 1. The van der Waals surface area contributed by atoms with Gasteiger partial charge < -0.3 is 0 Å². The summed E-state index contributed by atoms with van der Waals surface area (Å²) in [5.41, 5.74) is 2.57. The van der Waals surface area contributed by atoms with Crippen LogP contribution in [0.15, 0.2) is 29.6 Å². The van der Waals surface area contributed by atoms with Crippen molar-refractivity contribution in [3.63, 3.8) is 0 Å². The number of fused-ring (bicyclic) bond motifs is 2. The average Bonchev–Trinajstić information content (AvgIpc) is 3.45. The molecule has 0 radical (unpaired) electrons. The fourth-order valence-corrected chi connectivity index (χ4v) is 5.22. The van der Waals surface area contributed by atoms with Gasteiger partial charge in [0, 0.05) is 19.2 Å². The minimum atomic E-state index is -4.47. The number of aryl methyl sites for hydroxylation is 3. The van der Waals surface area contributed by atoms with Gasteiger partial charge in [-0.1, -0.05) is 6.07 Å². The molecule has 0 aliphatic carbocycles. The molecule has 1 amide bonds. The van der Waals surface area contributed by atoms with Crippen molar-refractivity contribution in [2.45, 2.75) is 45.5 Å². The van der Waals surface area contributed by atoms with E-state index in [1.807, 2.05) is 17.5 Å². The minimum Gasteiger partial charge on any atom is -0.290 e. The molecule has 0 saturated heterocycles. The van der Waals surface area contributed by atoms with E-state index in [4.69, 9.17) is 4.98 Å². The molecule has 33 heavy (non-hydrogen) atoms. The van der Waals surface area contributed by atoms with Crippen LogP contribution < -0.4 is 4.90 Å². The highest BCUT2D eigenvalue weighted by molar-refractivity contribution is 7.13. The summed E-state index contributed by atoms with van der Waals surface area (Å²) in [5.74, 6) is -0.256. The SMILES string of the molecule is Cc1cc2n(n1)[C@H](C(F)(F)F)C[C@@H](C)N2C(=O)c1cc(-c2cccs2)nc2c1c(C)nn2C. The van der Waals surface area contributed by atoms with Gasteiger partial charge in [-0.25, -0.2) is 9.67 Å². The van der Waals surface area contributed by atoms with E-state index in [-0.39, 0.29) is 12.2 Å². The molecule has 11 heteroatoms. The lowest BCUT2D eigenvalue weighted by atomic mass is 10.0. The number of alkyl halides is 3. The zero-order valence-corrected chi connectivity index (χ0v) is 19.2. The van der Waals surface area contributed by atoms with E-state index in [1.165, 1.54) is 22.3 Å². The second-order valence-corrected chi connectivity index (χ2v) is 9.29. The Morgan fingerprint density at radius 1 is 1.21 bits per heavy atom. The van der Waals surface area contributed by atoms with Crippen LogP contribution in [0.1, 0.15) is 41.1 Å². The van der Waals surface area contributed by atoms with Crippen molar-refractivity contribution < 1.29 is 18.0 Å². The molecule has 5 heterocycles. The molecule has 0 fully saturated rings. The fraction of sp³-hybridized carbons (Fsp3) is 0.364. The summed E-state index contributed by atoms with van der Waals surface area (Å²) in [6.07, 6.45) is -4.74. The standard InChI is InChI=1S/C22H21F3N6OS/c1-11-8-18-30(12(2)9-17(22(23,24)25)31(18)27-11)21(32)14-10-15(16-6-5-7-33-16)26-20-19(14)13(3)28-29(20)4/h5-8,10,12,17H,9H2,1-4H3/t12-,17+/m1/s1. The number of hydrogen-bond acceptors (Lipinski definition) is 5. The number of nitrogens with zero attached hydrogens (tertiary/aromatic N) is 6. The third kappa shape index (κ3) is 3.41. The van der Waals surface area contributed by atoms with Crippen molar-refractivity contribution in [3.05, 3.63) is 46.6 Å². The molecule has 1 aliphatic rings. The Labute approximate surface area is 191 Å². The number of pyridine rings is 1. The number of carbonyl (C=O) groups is 1. The lowest BCUT2D eigenvalue weighted by Gasteiger charge is -2.38. The van der Waals surface area contributed by atoms with Crippen LogP contribution in [-0.4, -0.2) is 42.7 Å². The van der Waals surface area contributed by atoms with Crippen molar-refractivity contribution >= 4 is 34.1 Å². The lowest BCUT2D eigenvalue weighted by molar-refractivity contribution is -0.174. The monoisotopic (exact) mass is 474 g/mol. The molecule has 0 unspecified atom stereocenters. The van der Waals surface area contributed by atoms with Crippen LogP contribution >= 0.6 is 11.3 Å². The number of carbonyl (C=O) groups excluding carboxylic acids is 1. The summed E-state index contributed by atoms with van der Waals surface area (Å²) in [6.45, 7) is 5.05. The van der Waals surface area contributed by atoms with Crippen LogP contribution in [-0.2, 0) is 7.05 Å². The zero-order valence-electron chi connectivity index (χ0n) is 18.4. The van der Waals surface area contributed by atoms with E-state index in [0.717, 1.165) is 9.56 Å². The topological polar surface area (TPSA) is 68.8 Å². The second-order valence-electron chi connectivity index (χ2n) is 8.35. The Morgan fingerprint density at radius 2 is 1.97 bits per heavy atom. The first-order chi connectivity index (χ1) is 15.6. The van der Waals surface area contributed by atoms with Gasteiger partial charge in [-0.05, 0) is 44.7 Å². The summed E-state index contributed by atoms with van der Waals surface area (Å²) in [7, 11) is 1.75. The van der Waals surface area contributed by atoms with Gasteiger partial charge in [-0.2, -0.15) is 23.4 Å². The average molecular weight is 475 g/mol. The predicted molar refractivity (Wildman–Crippen MR) is 120 cm³/mol. The maximum atomic E-state index is 14.0. The quantitative estimate of drug-likeness (QED) is 0.408. The lowest BCUT2D eigenvalue weighted by Crippen LogP contribution is -2.48. The molecule has 1 aliphatic heterocycles. The summed E-state index contributed by atoms with van der Waals surface area (Å²) in [4.78, 5) is 21.0. The molecule has 0 saturated carbocycles. The van der Waals surface area contributed by atoms with Gasteiger partial charge in [0.1, 0.15) is 5.82 Å². The predicted octanol–water partition coefficient (Wildman–Crippen LogP) is 5.05. The Morgan fingerprint density at radius 3 is 2.64 bits per heavy atom. The van der Waals surface area contributed by atoms with E-state index < -0.39 is 24.2 Å². The van der Waals surface area contributed by atoms with Gasteiger partial charge in [0.05, 0.1) is 32.9 Å². The van der Waals surface area contributed by atoms with Crippen LogP contribution in [0.25, 0.3) is 21.6 Å². The van der Waals surface area contributed by atoms with Crippen LogP contribution in [0.3, 0.4) is 0 Å². The fourth-order valence-electron chi connectivity index (χ4n) is 4.54. The minimum absolute atomic E-state index is 0.141. The van der Waals surface area contributed by atoms with Crippen LogP contribution in [0.2, 0.25) is 0 Å². The highest BCUT2D eigenvalue weighted by Gasteiger charge is 2.48. The van der Waals surface area contributed by atoms with Crippen LogP contribution in [0.5, 0.6) is 0 Å². The number of amides is 1. The Bertz CT molecular complexity index is 1370. The smallest absolute Gasteiger partial charge is 0.290 e. The molecular weight excluding hydrogens is 453 g/mol. The van der Waals surface area contributed by atoms with Gasteiger partial charge in [0.25, 0.3) is 5.91 Å². The second kappa shape index (κ2) is 7.41. The van der Waals surface area contributed by atoms with E-state index in [0.29, 0.717) is 33.7 Å². The van der Waals surface area contributed by atoms with Crippen molar-refractivity contribution in [3.8, 4) is 10.6 Å². The third-order valence-corrected chi connectivity index (χ3v) is 6.85. The molecule has 0 bridgehead atoms. The van der Waals surface area contributed by atoms with Crippen molar-refractivity contribution in [2.75, 3.05) is 4.90 Å². The summed E-state index contributed by atoms with van der Waals surface area (Å²) < 4.78 is 43.8. The molecule has 0 N–H and O–H groups in total. The normalized spacial score (nSPS) is 18.7. The molecule has 0 spiro atoms. The van der Waals surface area contributed by atoms with Gasteiger partial charge in [0.2, 0.25) is 0 Å². The Hall–Kier alpha value is -3.21. The van der Waals surface area contributed by atoms with Gasteiger partial charge in [-0.3, -0.25) is 14.4 Å². The van der Waals surface area contributed by atoms with Crippen molar-refractivity contribution in [1.82, 2.24) is 24.5 Å². The summed E-state index contributed by atoms with van der Waals surface area (Å²) >= 11 is 1.49. The summed E-state index contributed by atoms with van der Waals surface area (Å²) in [5, 5.41) is 11.0. The Balaban J connectivity index is 1.70. The molecule has 4 aromatic heterocycles. The number of rotatable bonds is 2. The van der Waals surface area contributed by atoms with E-state index in [2.05, 4.69) is 10.2 Å². The number of halogens is 3. The van der Waals surface area contributed by atoms with Crippen LogP contribution in [0.4, 0.5) is 19.0 Å². The molecular formula is C22H21F3N6OS. The van der Waals surface area contributed by atoms with Crippen LogP contribution in [0, 0.1) is 13.8 Å². The molecule has 4 aromatic rings. The number of thiophene rings is 1. The molecule has 172 valence electrons. The largest absolute Gasteiger partial charge is 0.410 e. The van der Waals surface area contributed by atoms with Gasteiger partial charge in [-0.15, -0.1) is 11.3 Å². The third-order valence-electron chi connectivity index (χ3n) is 5.95. The van der Waals surface area contributed by atoms with Crippen molar-refractivity contribution in [2.24, 2.45) is 7.05 Å². The first-order valence-corrected chi connectivity index (χ1v) is 11.3. The first kappa shape index (κ1) is 21.6. The Kier molecular flexibility index (Phi) is 4.85. The molecule has 0 aromatic carbocycles. The van der Waals surface area contributed by atoms with E-state index >= 15 is 0 Å².